The molecule has 2 amide bonds. The third-order valence-corrected chi connectivity index (χ3v) is 4.19. The summed E-state index contributed by atoms with van der Waals surface area (Å²) in [5.41, 5.74) is 5.87. The van der Waals surface area contributed by atoms with Crippen LogP contribution in [0.25, 0.3) is 0 Å². The van der Waals surface area contributed by atoms with E-state index in [2.05, 4.69) is 0 Å². The summed E-state index contributed by atoms with van der Waals surface area (Å²) >= 11 is 0. The van der Waals surface area contributed by atoms with Crippen LogP contribution in [0, 0.1) is 5.92 Å². The second-order valence-electron chi connectivity index (χ2n) is 6.04. The number of carbonyl (C=O) groups excluding carboxylic acids is 2. The zero-order valence-corrected chi connectivity index (χ0v) is 14.5. The lowest BCUT2D eigenvalue weighted by Crippen LogP contribution is -2.49. The van der Waals surface area contributed by atoms with Gasteiger partial charge in [0.25, 0.3) is 0 Å². The van der Waals surface area contributed by atoms with Gasteiger partial charge in [0.15, 0.2) is 0 Å². The molecular formula is C15H30ClN3O2. The Hall–Kier alpha value is -0.810. The molecule has 0 aromatic carbocycles. The zero-order valence-electron chi connectivity index (χ0n) is 13.7. The number of hydrogen-bond donors (Lipinski definition) is 1. The highest BCUT2D eigenvalue weighted by atomic mass is 35.5. The predicted octanol–water partition coefficient (Wildman–Crippen LogP) is 1.64. The monoisotopic (exact) mass is 319 g/mol. The van der Waals surface area contributed by atoms with Gasteiger partial charge < -0.3 is 15.5 Å². The minimum Gasteiger partial charge on any atom is -0.343 e. The summed E-state index contributed by atoms with van der Waals surface area (Å²) in [6.07, 6.45) is 3.15. The van der Waals surface area contributed by atoms with Crippen LogP contribution in [0.1, 0.15) is 46.5 Å². The fourth-order valence-electron chi connectivity index (χ4n) is 2.56. The lowest BCUT2D eigenvalue weighted by Gasteiger charge is -2.35. The first kappa shape index (κ1) is 20.2. The van der Waals surface area contributed by atoms with Gasteiger partial charge in [-0.2, -0.15) is 0 Å². The van der Waals surface area contributed by atoms with Crippen molar-refractivity contribution < 1.29 is 9.59 Å². The van der Waals surface area contributed by atoms with Crippen LogP contribution in [0.3, 0.4) is 0 Å². The predicted molar refractivity (Wildman–Crippen MR) is 87.3 cm³/mol. The fraction of sp³-hybridized carbons (Fsp3) is 0.867. The van der Waals surface area contributed by atoms with Gasteiger partial charge in [-0.1, -0.05) is 13.3 Å². The first-order chi connectivity index (χ1) is 9.38. The van der Waals surface area contributed by atoms with Crippen LogP contribution in [0.4, 0.5) is 0 Å². The standard InChI is InChI=1S/C15H29N3O2.ClH/c1-5-6-13(16)15(20)18-9-7-12(8-10-18)14(19)17(4)11(2)3;/h11-13H,5-10,16H2,1-4H3;1H. The van der Waals surface area contributed by atoms with Gasteiger partial charge in [-0.15, -0.1) is 12.4 Å². The highest BCUT2D eigenvalue weighted by molar-refractivity contribution is 5.85. The molecule has 0 aromatic heterocycles. The molecule has 0 aliphatic carbocycles. The number of nitrogens with zero attached hydrogens (tertiary/aromatic N) is 2. The molecule has 0 spiro atoms. The molecule has 1 rings (SSSR count). The molecule has 6 heteroatoms. The van der Waals surface area contributed by atoms with Crippen LogP contribution in [0.15, 0.2) is 0 Å². The van der Waals surface area contributed by atoms with Gasteiger partial charge in [0.1, 0.15) is 0 Å². The van der Waals surface area contributed by atoms with Crippen LogP contribution in [-0.4, -0.2) is 53.8 Å². The lowest BCUT2D eigenvalue weighted by molar-refractivity contribution is -0.141. The molecule has 5 nitrogen and oxygen atoms in total. The Morgan fingerprint density at radius 2 is 1.81 bits per heavy atom. The number of hydrogen-bond acceptors (Lipinski definition) is 3. The number of amides is 2. The van der Waals surface area contributed by atoms with E-state index in [0.29, 0.717) is 13.1 Å². The van der Waals surface area contributed by atoms with Crippen LogP contribution in [-0.2, 0) is 9.59 Å². The van der Waals surface area contributed by atoms with Crippen LogP contribution in [0.2, 0.25) is 0 Å². The Bertz CT molecular complexity index is 342. The Balaban J connectivity index is 0.00000400. The highest BCUT2D eigenvalue weighted by Crippen LogP contribution is 2.20. The molecule has 0 radical (unpaired) electrons. The molecule has 0 saturated carbocycles. The van der Waals surface area contributed by atoms with Gasteiger partial charge in [-0.25, -0.2) is 0 Å². The maximum Gasteiger partial charge on any atom is 0.239 e. The lowest BCUT2D eigenvalue weighted by atomic mass is 9.94. The summed E-state index contributed by atoms with van der Waals surface area (Å²) < 4.78 is 0. The number of rotatable bonds is 5. The Labute approximate surface area is 134 Å². The zero-order chi connectivity index (χ0) is 15.3. The molecule has 1 aliphatic heterocycles. The SMILES string of the molecule is CCCC(N)C(=O)N1CCC(C(=O)N(C)C(C)C)CC1.Cl. The molecule has 1 atom stereocenters. The number of halogens is 1. The summed E-state index contributed by atoms with van der Waals surface area (Å²) in [4.78, 5) is 28.0. The average Bonchev–Trinajstić information content (AvgIpc) is 2.45. The molecule has 1 heterocycles. The number of piperidine rings is 1. The van der Waals surface area contributed by atoms with Crippen molar-refractivity contribution in [3.05, 3.63) is 0 Å². The van der Waals surface area contributed by atoms with Gasteiger partial charge in [0, 0.05) is 32.1 Å². The Kier molecular flexibility index (Phi) is 8.90. The third kappa shape index (κ3) is 5.47. The van der Waals surface area contributed by atoms with E-state index in [1.807, 2.05) is 32.7 Å². The number of nitrogens with two attached hydrogens (primary N) is 1. The number of carbonyl (C=O) groups is 2. The average molecular weight is 320 g/mol. The second kappa shape index (κ2) is 9.26. The van der Waals surface area contributed by atoms with E-state index < -0.39 is 0 Å². The molecule has 21 heavy (non-hydrogen) atoms. The van der Waals surface area contributed by atoms with Crippen molar-refractivity contribution in [2.24, 2.45) is 11.7 Å². The smallest absolute Gasteiger partial charge is 0.239 e. The summed E-state index contributed by atoms with van der Waals surface area (Å²) in [6, 6.07) is -0.161. The molecule has 1 unspecified atom stereocenters. The van der Waals surface area contributed by atoms with E-state index in [9.17, 15) is 9.59 Å². The molecule has 1 aliphatic rings. The first-order valence-electron chi connectivity index (χ1n) is 7.69. The van der Waals surface area contributed by atoms with Crippen molar-refractivity contribution in [2.45, 2.75) is 58.5 Å². The third-order valence-electron chi connectivity index (χ3n) is 4.19. The molecule has 2 N–H and O–H groups in total. The minimum atomic E-state index is -0.384. The van der Waals surface area contributed by atoms with Gasteiger partial charge in [-0.3, -0.25) is 9.59 Å². The van der Waals surface area contributed by atoms with Gasteiger partial charge >= 0.3 is 0 Å². The van der Waals surface area contributed by atoms with Crippen molar-refractivity contribution in [1.29, 1.82) is 0 Å². The first-order valence-corrected chi connectivity index (χ1v) is 7.69. The van der Waals surface area contributed by atoms with Crippen molar-refractivity contribution >= 4 is 24.2 Å². The van der Waals surface area contributed by atoms with E-state index >= 15 is 0 Å². The molecule has 0 bridgehead atoms. The van der Waals surface area contributed by atoms with Gasteiger partial charge in [0.2, 0.25) is 11.8 Å². The van der Waals surface area contributed by atoms with Crippen molar-refractivity contribution in [3.63, 3.8) is 0 Å². The Morgan fingerprint density at radius 3 is 2.24 bits per heavy atom. The second-order valence-corrected chi connectivity index (χ2v) is 6.04. The quantitative estimate of drug-likeness (QED) is 0.837. The summed E-state index contributed by atoms with van der Waals surface area (Å²) in [5.74, 6) is 0.286. The van der Waals surface area contributed by atoms with Crippen LogP contribution >= 0.6 is 12.4 Å². The topological polar surface area (TPSA) is 66.6 Å². The summed E-state index contributed by atoms with van der Waals surface area (Å²) in [5, 5.41) is 0. The van der Waals surface area contributed by atoms with Crippen molar-refractivity contribution in [3.8, 4) is 0 Å². The molecule has 1 saturated heterocycles. The maximum atomic E-state index is 12.3. The number of likely N-dealkylation sites (tertiary alicyclic amines) is 1. The van der Waals surface area contributed by atoms with Gasteiger partial charge in [0.05, 0.1) is 6.04 Å². The van der Waals surface area contributed by atoms with E-state index in [4.69, 9.17) is 5.73 Å². The summed E-state index contributed by atoms with van der Waals surface area (Å²) in [7, 11) is 1.85. The van der Waals surface area contributed by atoms with Crippen molar-refractivity contribution in [1.82, 2.24) is 9.80 Å². The fourth-order valence-corrected chi connectivity index (χ4v) is 2.56. The molecule has 1 fully saturated rings. The maximum absolute atomic E-state index is 12.3. The molecule has 124 valence electrons. The normalized spacial score (nSPS) is 17.3. The molecular weight excluding hydrogens is 290 g/mol. The highest BCUT2D eigenvalue weighted by Gasteiger charge is 2.31. The van der Waals surface area contributed by atoms with Gasteiger partial charge in [-0.05, 0) is 33.1 Å². The molecule has 0 aromatic rings. The van der Waals surface area contributed by atoms with E-state index in [0.717, 1.165) is 25.7 Å². The van der Waals surface area contributed by atoms with Crippen LogP contribution < -0.4 is 5.73 Å². The van der Waals surface area contributed by atoms with E-state index in [-0.39, 0.29) is 42.2 Å². The Morgan fingerprint density at radius 1 is 1.29 bits per heavy atom. The minimum absolute atomic E-state index is 0. The van der Waals surface area contributed by atoms with E-state index in [1.165, 1.54) is 0 Å². The summed E-state index contributed by atoms with van der Waals surface area (Å²) in [6.45, 7) is 7.36. The van der Waals surface area contributed by atoms with E-state index in [1.54, 1.807) is 4.90 Å². The van der Waals surface area contributed by atoms with Crippen molar-refractivity contribution in [2.75, 3.05) is 20.1 Å². The van der Waals surface area contributed by atoms with Crippen LogP contribution in [0.5, 0.6) is 0 Å². The largest absolute Gasteiger partial charge is 0.343 e.